The normalized spacial score (nSPS) is 20.6. The number of hydrogen-bond acceptors (Lipinski definition) is 5. The summed E-state index contributed by atoms with van der Waals surface area (Å²) in [4.78, 5) is 4.42. The van der Waals surface area contributed by atoms with Gasteiger partial charge in [-0.1, -0.05) is 0 Å². The van der Waals surface area contributed by atoms with Crippen LogP contribution in [-0.4, -0.2) is 33.1 Å². The lowest BCUT2D eigenvalue weighted by atomic mass is 9.82. The molecule has 0 bridgehead atoms. The number of nitrogens with zero attached hydrogens (tertiary/aromatic N) is 3. The first-order valence-corrected chi connectivity index (χ1v) is 7.49. The Morgan fingerprint density at radius 2 is 1.85 bits per heavy atom. The first kappa shape index (κ1) is 13.8. The fourth-order valence-electron chi connectivity index (χ4n) is 1.99. The van der Waals surface area contributed by atoms with Crippen LogP contribution in [0, 0.1) is 6.92 Å². The molecule has 20 heavy (non-hydrogen) atoms. The second kappa shape index (κ2) is 4.41. The van der Waals surface area contributed by atoms with E-state index in [0.29, 0.717) is 0 Å². The van der Waals surface area contributed by atoms with E-state index in [2.05, 4.69) is 10.1 Å². The smallest absolute Gasteiger partial charge is 0.399 e. The molecule has 0 amide bonds. The Hall–Kier alpha value is -1.18. The quantitative estimate of drug-likeness (QED) is 0.793. The van der Waals surface area contributed by atoms with Crippen LogP contribution in [0.15, 0.2) is 17.8 Å². The first-order chi connectivity index (χ1) is 9.28. The highest BCUT2D eigenvalue weighted by Gasteiger charge is 2.52. The molecule has 0 aliphatic carbocycles. The van der Waals surface area contributed by atoms with Gasteiger partial charge in [0.15, 0.2) is 0 Å². The van der Waals surface area contributed by atoms with Crippen molar-refractivity contribution in [3.63, 3.8) is 0 Å². The fourth-order valence-corrected chi connectivity index (χ4v) is 2.72. The number of thiazole rings is 1. The standard InChI is InChI=1S/C13H18BN3O2S/c1-9-8-20-11(16-9)17-7-10(6-15-17)14-18-12(2,3)13(4,5)19-14/h6-8H,1-5H3. The second-order valence-corrected chi connectivity index (χ2v) is 6.91. The summed E-state index contributed by atoms with van der Waals surface area (Å²) >= 11 is 1.57. The highest BCUT2D eigenvalue weighted by molar-refractivity contribution is 7.12. The van der Waals surface area contributed by atoms with Gasteiger partial charge in [0, 0.05) is 23.2 Å². The predicted molar refractivity (Wildman–Crippen MR) is 79.7 cm³/mol. The van der Waals surface area contributed by atoms with E-state index in [1.165, 1.54) is 0 Å². The first-order valence-electron chi connectivity index (χ1n) is 6.61. The molecule has 2 aromatic rings. The van der Waals surface area contributed by atoms with Crippen molar-refractivity contribution in [3.05, 3.63) is 23.5 Å². The van der Waals surface area contributed by atoms with Crippen LogP contribution < -0.4 is 5.46 Å². The maximum Gasteiger partial charge on any atom is 0.498 e. The van der Waals surface area contributed by atoms with Crippen LogP contribution in [0.4, 0.5) is 0 Å². The lowest BCUT2D eigenvalue weighted by Crippen LogP contribution is -2.41. The Kier molecular flexibility index (Phi) is 3.04. The van der Waals surface area contributed by atoms with Gasteiger partial charge in [0.2, 0.25) is 5.13 Å². The molecule has 0 radical (unpaired) electrons. The summed E-state index contributed by atoms with van der Waals surface area (Å²) in [6.45, 7) is 10.1. The third kappa shape index (κ3) is 2.19. The van der Waals surface area contributed by atoms with Crippen LogP contribution in [0.2, 0.25) is 0 Å². The number of hydrogen-bond donors (Lipinski definition) is 0. The van der Waals surface area contributed by atoms with Gasteiger partial charge in [0.1, 0.15) is 0 Å². The van der Waals surface area contributed by atoms with E-state index in [1.807, 2.05) is 46.2 Å². The molecule has 3 rings (SSSR count). The monoisotopic (exact) mass is 291 g/mol. The van der Waals surface area contributed by atoms with Crippen LogP contribution in [0.25, 0.3) is 5.13 Å². The van der Waals surface area contributed by atoms with Crippen molar-refractivity contribution in [2.75, 3.05) is 0 Å². The van der Waals surface area contributed by atoms with E-state index < -0.39 is 0 Å². The van der Waals surface area contributed by atoms with Gasteiger partial charge in [0.05, 0.1) is 16.9 Å². The summed E-state index contributed by atoms with van der Waals surface area (Å²) < 4.78 is 13.8. The molecular formula is C13H18BN3O2S. The van der Waals surface area contributed by atoms with Crippen LogP contribution in [0.3, 0.4) is 0 Å². The minimum Gasteiger partial charge on any atom is -0.399 e. The number of aromatic nitrogens is 3. The summed E-state index contributed by atoms with van der Waals surface area (Å²) in [5.41, 5.74) is 1.24. The predicted octanol–water partition coefficient (Wildman–Crippen LogP) is 1.94. The summed E-state index contributed by atoms with van der Waals surface area (Å²) in [5, 5.41) is 7.20. The summed E-state index contributed by atoms with van der Waals surface area (Å²) in [6.07, 6.45) is 3.69. The van der Waals surface area contributed by atoms with Crippen molar-refractivity contribution >= 4 is 23.9 Å². The van der Waals surface area contributed by atoms with Gasteiger partial charge in [-0.15, -0.1) is 11.3 Å². The van der Waals surface area contributed by atoms with E-state index in [9.17, 15) is 0 Å². The van der Waals surface area contributed by atoms with Gasteiger partial charge in [0.25, 0.3) is 0 Å². The largest absolute Gasteiger partial charge is 0.498 e. The molecule has 1 saturated heterocycles. The van der Waals surface area contributed by atoms with Crippen LogP contribution in [0.1, 0.15) is 33.4 Å². The molecule has 1 aliphatic heterocycles. The van der Waals surface area contributed by atoms with E-state index in [0.717, 1.165) is 16.3 Å². The van der Waals surface area contributed by atoms with Gasteiger partial charge in [-0.05, 0) is 34.6 Å². The molecule has 2 aromatic heterocycles. The SMILES string of the molecule is Cc1csc(-n2cc(B3OC(C)(C)C(C)(C)O3)cn2)n1. The van der Waals surface area contributed by atoms with Crippen LogP contribution >= 0.6 is 11.3 Å². The Labute approximate surface area is 123 Å². The lowest BCUT2D eigenvalue weighted by molar-refractivity contribution is 0.00578. The highest BCUT2D eigenvalue weighted by Crippen LogP contribution is 2.36. The van der Waals surface area contributed by atoms with Crippen molar-refractivity contribution < 1.29 is 9.31 Å². The second-order valence-electron chi connectivity index (χ2n) is 6.08. The molecular weight excluding hydrogens is 273 g/mol. The molecule has 5 nitrogen and oxygen atoms in total. The van der Waals surface area contributed by atoms with Gasteiger partial charge >= 0.3 is 7.12 Å². The van der Waals surface area contributed by atoms with Gasteiger partial charge < -0.3 is 9.31 Å². The molecule has 106 valence electrons. The molecule has 0 N–H and O–H groups in total. The minimum absolute atomic E-state index is 0.336. The molecule has 0 spiro atoms. The van der Waals surface area contributed by atoms with E-state index >= 15 is 0 Å². The minimum atomic E-state index is -0.380. The van der Waals surface area contributed by atoms with Crippen molar-refractivity contribution in [1.82, 2.24) is 14.8 Å². The fraction of sp³-hybridized carbons (Fsp3) is 0.538. The maximum atomic E-state index is 6.01. The summed E-state index contributed by atoms with van der Waals surface area (Å²) in [6, 6.07) is 0. The van der Waals surface area contributed by atoms with E-state index in [-0.39, 0.29) is 18.3 Å². The number of rotatable bonds is 2. The van der Waals surface area contributed by atoms with E-state index in [1.54, 1.807) is 22.2 Å². The zero-order valence-electron chi connectivity index (χ0n) is 12.4. The third-order valence-corrected chi connectivity index (χ3v) is 4.88. The maximum absolute atomic E-state index is 6.01. The van der Waals surface area contributed by atoms with Gasteiger partial charge in [-0.25, -0.2) is 9.67 Å². The molecule has 7 heteroatoms. The van der Waals surface area contributed by atoms with Gasteiger partial charge in [-0.2, -0.15) is 5.10 Å². The Bertz CT molecular complexity index is 619. The molecule has 0 unspecified atom stereocenters. The Balaban J connectivity index is 1.85. The van der Waals surface area contributed by atoms with E-state index in [4.69, 9.17) is 9.31 Å². The third-order valence-electron chi connectivity index (χ3n) is 3.93. The average molecular weight is 291 g/mol. The Morgan fingerprint density at radius 1 is 1.20 bits per heavy atom. The lowest BCUT2D eigenvalue weighted by Gasteiger charge is -2.32. The zero-order valence-corrected chi connectivity index (χ0v) is 13.2. The number of aryl methyl sites for hydroxylation is 1. The molecule has 3 heterocycles. The van der Waals surface area contributed by atoms with Crippen molar-refractivity contribution in [2.24, 2.45) is 0 Å². The van der Waals surface area contributed by atoms with Crippen molar-refractivity contribution in [3.8, 4) is 5.13 Å². The molecule has 0 saturated carbocycles. The van der Waals surface area contributed by atoms with Gasteiger partial charge in [-0.3, -0.25) is 0 Å². The molecule has 0 aromatic carbocycles. The molecule has 1 aliphatic rings. The van der Waals surface area contributed by atoms with Crippen molar-refractivity contribution in [2.45, 2.75) is 45.8 Å². The topological polar surface area (TPSA) is 49.2 Å². The highest BCUT2D eigenvalue weighted by atomic mass is 32.1. The zero-order chi connectivity index (χ0) is 14.5. The van der Waals surface area contributed by atoms with Crippen LogP contribution in [0.5, 0.6) is 0 Å². The van der Waals surface area contributed by atoms with Crippen molar-refractivity contribution in [1.29, 1.82) is 0 Å². The molecule has 0 atom stereocenters. The van der Waals surface area contributed by atoms with Crippen LogP contribution in [-0.2, 0) is 9.31 Å². The molecule has 1 fully saturated rings. The average Bonchev–Trinajstić information content (AvgIpc) is 2.98. The Morgan fingerprint density at radius 3 is 2.40 bits per heavy atom. The summed E-state index contributed by atoms with van der Waals surface area (Å²) in [7, 11) is -0.380. The summed E-state index contributed by atoms with van der Waals surface area (Å²) in [5.74, 6) is 0.